The van der Waals surface area contributed by atoms with Crippen LogP contribution in [0, 0.1) is 11.8 Å². The molecule has 1 N–H and O–H groups in total. The summed E-state index contributed by atoms with van der Waals surface area (Å²) in [6.45, 7) is 2.26. The van der Waals surface area contributed by atoms with Gasteiger partial charge in [-0.05, 0) is 18.8 Å². The highest BCUT2D eigenvalue weighted by atomic mass is 31.2. The van der Waals surface area contributed by atoms with Crippen molar-refractivity contribution < 1.29 is 13.9 Å². The maximum atomic E-state index is 10.0. The van der Waals surface area contributed by atoms with Gasteiger partial charge in [-0.15, -0.1) is 0 Å². The molecule has 0 amide bonds. The highest BCUT2D eigenvalue weighted by molar-refractivity contribution is 7.60. The Morgan fingerprint density at radius 2 is 1.56 bits per heavy atom. The number of hydrogen-bond acceptors (Lipinski definition) is 3. The lowest BCUT2D eigenvalue weighted by Gasteiger charge is -2.28. The molecule has 0 saturated heterocycles. The summed E-state index contributed by atoms with van der Waals surface area (Å²) >= 11 is 0. The van der Waals surface area contributed by atoms with Crippen LogP contribution in [0.15, 0.2) is 0 Å². The van der Waals surface area contributed by atoms with Crippen LogP contribution in [-0.4, -0.2) is 25.3 Å². The van der Waals surface area contributed by atoms with E-state index in [0.717, 1.165) is 5.92 Å². The van der Waals surface area contributed by atoms with E-state index >= 15 is 0 Å². The Morgan fingerprint density at radius 1 is 1.06 bits per heavy atom. The molecule has 0 aromatic heterocycles. The Kier molecular flexibility index (Phi) is 6.20. The van der Waals surface area contributed by atoms with Gasteiger partial charge in [0.05, 0.1) is 14.2 Å². The molecule has 0 atom stereocenters. The van der Waals surface area contributed by atoms with Crippen molar-refractivity contribution in [1.82, 2.24) is 0 Å². The average molecular weight is 249 g/mol. The van der Waals surface area contributed by atoms with E-state index in [0.29, 0.717) is 12.1 Å². The van der Waals surface area contributed by atoms with Gasteiger partial charge >= 0.3 is 7.94 Å². The van der Waals surface area contributed by atoms with Gasteiger partial charge in [0, 0.05) is 5.92 Å². The summed E-state index contributed by atoms with van der Waals surface area (Å²) in [6, 6.07) is 0. The molecule has 0 heterocycles. The van der Waals surface area contributed by atoms with Gasteiger partial charge in [0.15, 0.2) is 0 Å². The lowest BCUT2D eigenvalue weighted by Crippen LogP contribution is -2.19. The van der Waals surface area contributed by atoms with Crippen LogP contribution in [-0.2, 0) is 9.05 Å². The van der Waals surface area contributed by atoms with Gasteiger partial charge in [0.25, 0.3) is 0 Å². The number of hydrogen-bond donors (Lipinski definition) is 1. The molecular weight excluding hydrogens is 223 g/mol. The van der Waals surface area contributed by atoms with E-state index in [1.165, 1.54) is 38.5 Å². The lowest BCUT2D eigenvalue weighted by atomic mass is 9.81. The Bertz CT molecular complexity index is 187. The van der Waals surface area contributed by atoms with Crippen LogP contribution < -0.4 is 0 Å². The van der Waals surface area contributed by atoms with Crippen LogP contribution in [0.4, 0.5) is 0 Å². The van der Waals surface area contributed by atoms with Gasteiger partial charge in [0.2, 0.25) is 0 Å². The quantitative estimate of drug-likeness (QED) is 0.730. The molecule has 0 unspecified atom stereocenters. The molecule has 4 heteroatoms. The molecule has 1 aliphatic rings. The molecule has 3 nitrogen and oxygen atoms in total. The van der Waals surface area contributed by atoms with E-state index in [-0.39, 0.29) is 0 Å². The Morgan fingerprint density at radius 3 is 2.00 bits per heavy atom. The fourth-order valence-corrected chi connectivity index (χ4v) is 4.13. The predicted octanol–water partition coefficient (Wildman–Crippen LogP) is 3.64. The normalized spacial score (nSPS) is 27.0. The summed E-state index contributed by atoms with van der Waals surface area (Å²) in [6.07, 6.45) is 8.43. The van der Waals surface area contributed by atoms with Gasteiger partial charge in [-0.3, -0.25) is 0 Å². The van der Waals surface area contributed by atoms with Crippen molar-refractivity contribution >= 4 is 7.94 Å². The van der Waals surface area contributed by atoms with Crippen molar-refractivity contribution in [3.8, 4) is 0 Å². The molecule has 1 aliphatic carbocycles. The Labute approximate surface area is 100 Å². The molecule has 96 valence electrons. The topological polar surface area (TPSA) is 38.7 Å². The van der Waals surface area contributed by atoms with Crippen LogP contribution >= 0.6 is 7.94 Å². The molecule has 1 rings (SSSR count). The fourth-order valence-electron chi connectivity index (χ4n) is 2.66. The third-order valence-electron chi connectivity index (χ3n) is 3.72. The van der Waals surface area contributed by atoms with Crippen molar-refractivity contribution in [2.45, 2.75) is 45.4 Å². The second-order valence-electron chi connectivity index (χ2n) is 4.86. The Hall–Kier alpha value is 0.310. The first-order chi connectivity index (χ1) is 7.63. The Balaban J connectivity index is 2.31. The molecule has 0 bridgehead atoms. The molecule has 0 radical (unpaired) electrons. The molecule has 0 aromatic rings. The zero-order valence-electron chi connectivity index (χ0n) is 10.8. The highest BCUT2D eigenvalue weighted by Gasteiger charge is 2.41. The molecule has 16 heavy (non-hydrogen) atoms. The van der Waals surface area contributed by atoms with Crippen molar-refractivity contribution in [2.24, 2.45) is 11.8 Å². The molecule has 0 aromatic carbocycles. The van der Waals surface area contributed by atoms with E-state index in [4.69, 9.17) is 9.05 Å². The van der Waals surface area contributed by atoms with Crippen molar-refractivity contribution in [1.29, 1.82) is 0 Å². The molecule has 1 saturated carbocycles. The highest BCUT2D eigenvalue weighted by Crippen LogP contribution is 2.58. The first-order valence-electron chi connectivity index (χ1n) is 6.35. The van der Waals surface area contributed by atoms with Crippen LogP contribution in [0.3, 0.4) is 0 Å². The minimum absolute atomic E-state index is 0.589. The lowest BCUT2D eigenvalue weighted by molar-refractivity contribution is 0.217. The van der Waals surface area contributed by atoms with Crippen LogP contribution in [0.2, 0.25) is 0 Å². The monoisotopic (exact) mass is 249 g/mol. The van der Waals surface area contributed by atoms with Crippen molar-refractivity contribution in [2.75, 3.05) is 20.4 Å². The van der Waals surface area contributed by atoms with Gasteiger partial charge in [-0.25, -0.2) is 0 Å². The summed E-state index contributed by atoms with van der Waals surface area (Å²) in [5, 5.41) is 0. The van der Waals surface area contributed by atoms with E-state index in [2.05, 4.69) is 6.92 Å². The first-order valence-corrected chi connectivity index (χ1v) is 8.12. The molecule has 0 aliphatic heterocycles. The van der Waals surface area contributed by atoms with E-state index < -0.39 is 7.94 Å². The van der Waals surface area contributed by atoms with Gasteiger partial charge in [0.1, 0.15) is 6.16 Å². The van der Waals surface area contributed by atoms with E-state index in [1.54, 1.807) is 14.2 Å². The minimum Gasteiger partial charge on any atom is -0.193 e. The largest absolute Gasteiger partial charge is 0.408 e. The van der Waals surface area contributed by atoms with Gasteiger partial charge in [-0.2, -0.15) is 13.9 Å². The number of rotatable bonds is 6. The van der Waals surface area contributed by atoms with Crippen LogP contribution in [0.1, 0.15) is 45.4 Å². The average Bonchev–Trinajstić information content (AvgIpc) is 2.32. The second kappa shape index (κ2) is 6.90. The summed E-state index contributed by atoms with van der Waals surface area (Å²) in [4.78, 5) is 10.0. The summed E-state index contributed by atoms with van der Waals surface area (Å²) in [7, 11) is 0.549. The van der Waals surface area contributed by atoms with Gasteiger partial charge < -0.3 is 0 Å². The van der Waals surface area contributed by atoms with Gasteiger partial charge in [-0.1, -0.05) is 32.6 Å². The maximum Gasteiger partial charge on any atom is 0.408 e. The van der Waals surface area contributed by atoms with Crippen LogP contribution in [0.25, 0.3) is 0 Å². The zero-order valence-corrected chi connectivity index (χ0v) is 11.7. The molecular formula is C12H26O3P+. The van der Waals surface area contributed by atoms with E-state index in [1.807, 2.05) is 0 Å². The van der Waals surface area contributed by atoms with Crippen molar-refractivity contribution in [3.05, 3.63) is 0 Å². The maximum absolute atomic E-state index is 10.0. The third kappa shape index (κ3) is 4.29. The molecule has 0 spiro atoms. The zero-order chi connectivity index (χ0) is 12.0. The summed E-state index contributed by atoms with van der Waals surface area (Å²) in [5.41, 5.74) is 0. The predicted molar refractivity (Wildman–Crippen MR) is 68.4 cm³/mol. The van der Waals surface area contributed by atoms with Crippen LogP contribution in [0.5, 0.6) is 0 Å². The first kappa shape index (κ1) is 14.4. The second-order valence-corrected chi connectivity index (χ2v) is 7.23. The fraction of sp³-hybridized carbons (Fsp3) is 1.00. The van der Waals surface area contributed by atoms with Crippen molar-refractivity contribution in [3.63, 3.8) is 0 Å². The summed E-state index contributed by atoms with van der Waals surface area (Å²) in [5.74, 6) is 1.50. The van der Waals surface area contributed by atoms with E-state index in [9.17, 15) is 4.89 Å². The third-order valence-corrected chi connectivity index (χ3v) is 5.84. The smallest absolute Gasteiger partial charge is 0.193 e. The standard InChI is InChI=1S/C12H26O3P/c1-4-5-11-6-8-12(9-7-11)10-16(13,14-2)15-3/h11-13H,4-10H2,1-3H3/q+1. The summed E-state index contributed by atoms with van der Waals surface area (Å²) < 4.78 is 10.2. The molecule has 1 fully saturated rings. The minimum atomic E-state index is -2.53. The SMILES string of the molecule is CCCC1CCC(C[P+](O)(OC)OC)CC1.